The number of hydrogen-bond donors (Lipinski definition) is 3. The van der Waals surface area contributed by atoms with Crippen LogP contribution in [-0.2, 0) is 17.8 Å². The molecule has 0 aliphatic carbocycles. The molecule has 0 heterocycles. The molecule has 0 aliphatic heterocycles. The van der Waals surface area contributed by atoms with Crippen LogP contribution in [0.4, 0.5) is 0 Å². The molecular weight excluding hydrogens is 483 g/mol. The molecule has 0 aromatic heterocycles. The predicted octanol–water partition coefficient (Wildman–Crippen LogP) is 3.02. The summed E-state index contributed by atoms with van der Waals surface area (Å²) in [6, 6.07) is 3.94. The molecule has 8 heteroatoms. The van der Waals surface area contributed by atoms with Gasteiger partial charge in [-0.25, -0.2) is 4.99 Å². The second kappa shape index (κ2) is 13.3. The van der Waals surface area contributed by atoms with Gasteiger partial charge in [0.1, 0.15) is 0 Å². The first-order valence-electron chi connectivity index (χ1n) is 9.41. The van der Waals surface area contributed by atoms with Crippen molar-refractivity contribution in [2.24, 2.45) is 4.99 Å². The van der Waals surface area contributed by atoms with Crippen molar-refractivity contribution in [3.05, 3.63) is 35.9 Å². The van der Waals surface area contributed by atoms with Gasteiger partial charge in [0.15, 0.2) is 17.5 Å². The summed E-state index contributed by atoms with van der Waals surface area (Å²) >= 11 is 0. The van der Waals surface area contributed by atoms with Gasteiger partial charge in [0.2, 0.25) is 5.91 Å². The molecule has 0 unspecified atom stereocenters. The van der Waals surface area contributed by atoms with Crippen molar-refractivity contribution in [2.45, 2.75) is 46.2 Å². The molecule has 1 amide bonds. The molecule has 1 rings (SSSR count). The lowest BCUT2D eigenvalue weighted by Gasteiger charge is -2.21. The zero-order chi connectivity index (χ0) is 21.2. The Kier molecular flexibility index (Phi) is 12.4. The van der Waals surface area contributed by atoms with Crippen molar-refractivity contribution >= 4 is 35.8 Å². The maximum Gasteiger partial charge on any atom is 0.239 e. The summed E-state index contributed by atoms with van der Waals surface area (Å²) in [6.07, 6.45) is 2.49. The Morgan fingerprint density at radius 2 is 1.90 bits per heavy atom. The van der Waals surface area contributed by atoms with Crippen molar-refractivity contribution < 1.29 is 14.3 Å². The van der Waals surface area contributed by atoms with E-state index in [0.29, 0.717) is 37.0 Å². The van der Waals surface area contributed by atoms with Crippen LogP contribution in [0.15, 0.2) is 29.8 Å². The first kappa shape index (κ1) is 27.0. The second-order valence-corrected chi connectivity index (χ2v) is 7.33. The number of amides is 1. The number of rotatable bonds is 9. The minimum atomic E-state index is -0.268. The minimum absolute atomic E-state index is 0. The molecule has 0 aliphatic rings. The largest absolute Gasteiger partial charge is 0.493 e. The Hall–Kier alpha value is -1.97. The third-order valence-electron chi connectivity index (χ3n) is 3.67. The Balaban J connectivity index is 0.00000784. The maximum atomic E-state index is 12.0. The van der Waals surface area contributed by atoms with E-state index in [1.807, 2.05) is 45.9 Å². The van der Waals surface area contributed by atoms with Crippen LogP contribution in [0.5, 0.6) is 11.5 Å². The van der Waals surface area contributed by atoms with Gasteiger partial charge < -0.3 is 25.4 Å². The molecule has 0 saturated heterocycles. The van der Waals surface area contributed by atoms with Gasteiger partial charge in [0, 0.05) is 17.6 Å². The van der Waals surface area contributed by atoms with Crippen LogP contribution < -0.4 is 25.4 Å². The third-order valence-corrected chi connectivity index (χ3v) is 3.67. The molecule has 29 heavy (non-hydrogen) atoms. The van der Waals surface area contributed by atoms with Gasteiger partial charge in [-0.2, -0.15) is 0 Å². The average molecular weight is 518 g/mol. The molecular formula is C21H35IN4O3. The zero-order valence-corrected chi connectivity index (χ0v) is 20.7. The van der Waals surface area contributed by atoms with E-state index in [-0.39, 0.29) is 42.0 Å². The molecule has 0 atom stereocenters. The number of carbonyl (C=O) groups is 1. The number of nitrogens with one attached hydrogen (secondary N) is 3. The summed E-state index contributed by atoms with van der Waals surface area (Å²) in [5, 5.41) is 9.12. The van der Waals surface area contributed by atoms with Gasteiger partial charge in [-0.15, -0.1) is 30.6 Å². The first-order chi connectivity index (χ1) is 13.2. The van der Waals surface area contributed by atoms with Crippen LogP contribution in [-0.4, -0.2) is 44.7 Å². The highest BCUT2D eigenvalue weighted by molar-refractivity contribution is 14.0. The highest BCUT2D eigenvalue weighted by atomic mass is 127. The lowest BCUT2D eigenvalue weighted by molar-refractivity contribution is -0.121. The fourth-order valence-electron chi connectivity index (χ4n) is 2.64. The summed E-state index contributed by atoms with van der Waals surface area (Å²) in [5.74, 6) is 1.86. The summed E-state index contributed by atoms with van der Waals surface area (Å²) in [6.45, 7) is 12.9. The molecule has 164 valence electrons. The Bertz CT molecular complexity index is 700. The van der Waals surface area contributed by atoms with E-state index < -0.39 is 0 Å². The lowest BCUT2D eigenvalue weighted by Crippen LogP contribution is -2.48. The van der Waals surface area contributed by atoms with Crippen molar-refractivity contribution in [3.8, 4) is 11.5 Å². The number of aliphatic imine (C=N–C) groups is 1. The molecule has 0 radical (unpaired) electrons. The van der Waals surface area contributed by atoms with Gasteiger partial charge in [0.25, 0.3) is 0 Å². The summed E-state index contributed by atoms with van der Waals surface area (Å²) in [5.41, 5.74) is 1.70. The fraction of sp³-hybridized carbons (Fsp3) is 0.524. The average Bonchev–Trinajstić information content (AvgIpc) is 2.62. The zero-order valence-electron chi connectivity index (χ0n) is 18.3. The number of guanidine groups is 1. The van der Waals surface area contributed by atoms with E-state index in [9.17, 15) is 4.79 Å². The number of carbonyl (C=O) groups excluding carboxylic acids is 1. The normalized spacial score (nSPS) is 11.2. The number of benzene rings is 1. The van der Waals surface area contributed by atoms with Crippen molar-refractivity contribution in [1.82, 2.24) is 16.0 Å². The molecule has 0 saturated carbocycles. The number of ether oxygens (including phenoxy) is 2. The number of halogens is 1. The van der Waals surface area contributed by atoms with E-state index in [0.717, 1.165) is 11.1 Å². The molecule has 1 aromatic rings. The Morgan fingerprint density at radius 3 is 2.41 bits per heavy atom. The van der Waals surface area contributed by atoms with Gasteiger partial charge in [-0.3, -0.25) is 4.79 Å². The van der Waals surface area contributed by atoms with Crippen molar-refractivity contribution in [3.63, 3.8) is 0 Å². The fourth-order valence-corrected chi connectivity index (χ4v) is 2.64. The van der Waals surface area contributed by atoms with Crippen molar-refractivity contribution in [2.75, 3.05) is 27.3 Å². The number of methoxy groups -OCH3 is 2. The van der Waals surface area contributed by atoms with Crippen LogP contribution in [0.3, 0.4) is 0 Å². The molecule has 3 N–H and O–H groups in total. The van der Waals surface area contributed by atoms with Crippen LogP contribution in [0, 0.1) is 0 Å². The van der Waals surface area contributed by atoms with Crippen molar-refractivity contribution in [1.29, 1.82) is 0 Å². The van der Waals surface area contributed by atoms with Gasteiger partial charge in [-0.05, 0) is 51.8 Å². The van der Waals surface area contributed by atoms with Crippen LogP contribution in [0.1, 0.15) is 38.8 Å². The minimum Gasteiger partial charge on any atom is -0.493 e. The molecule has 0 bridgehead atoms. The van der Waals surface area contributed by atoms with E-state index in [1.165, 1.54) is 0 Å². The predicted molar refractivity (Wildman–Crippen MR) is 130 cm³/mol. The number of nitrogens with zero attached hydrogens (tertiary/aromatic N) is 1. The maximum absolute atomic E-state index is 12.0. The van der Waals surface area contributed by atoms with E-state index >= 15 is 0 Å². The highest BCUT2D eigenvalue weighted by Gasteiger charge is 2.14. The molecule has 0 spiro atoms. The standard InChI is InChI=1S/C21H34N4O3.HI/c1-8-10-16-11-15(12-17(27-6)19(16)28-7)13-23-20(22-9-2)24-14-18(26)25-21(3,4)5;/h8,11-12H,1,9-10,13-14H2,2-7H3,(H,25,26)(H2,22,23,24);1H. The number of allylic oxidation sites excluding steroid dienone is 1. The Morgan fingerprint density at radius 1 is 1.21 bits per heavy atom. The molecule has 7 nitrogen and oxygen atoms in total. The molecule has 0 fully saturated rings. The van der Waals surface area contributed by atoms with E-state index in [1.54, 1.807) is 14.2 Å². The lowest BCUT2D eigenvalue weighted by atomic mass is 10.1. The Labute approximate surface area is 191 Å². The van der Waals surface area contributed by atoms with Crippen LogP contribution in [0.25, 0.3) is 0 Å². The van der Waals surface area contributed by atoms with E-state index in [4.69, 9.17) is 9.47 Å². The monoisotopic (exact) mass is 518 g/mol. The number of hydrogen-bond acceptors (Lipinski definition) is 4. The van der Waals surface area contributed by atoms with Crippen LogP contribution >= 0.6 is 24.0 Å². The molecule has 1 aromatic carbocycles. The third kappa shape index (κ3) is 9.87. The summed E-state index contributed by atoms with van der Waals surface area (Å²) < 4.78 is 10.9. The van der Waals surface area contributed by atoms with Gasteiger partial charge >= 0.3 is 0 Å². The second-order valence-electron chi connectivity index (χ2n) is 7.33. The topological polar surface area (TPSA) is 84.0 Å². The quantitative estimate of drug-likeness (QED) is 0.203. The van der Waals surface area contributed by atoms with Crippen LogP contribution in [0.2, 0.25) is 0 Å². The summed E-state index contributed by atoms with van der Waals surface area (Å²) in [4.78, 5) is 16.6. The van der Waals surface area contributed by atoms with Gasteiger partial charge in [0.05, 0.1) is 27.3 Å². The van der Waals surface area contributed by atoms with Gasteiger partial charge in [-0.1, -0.05) is 6.08 Å². The highest BCUT2D eigenvalue weighted by Crippen LogP contribution is 2.33. The first-order valence-corrected chi connectivity index (χ1v) is 9.41. The van der Waals surface area contributed by atoms with E-state index in [2.05, 4.69) is 27.5 Å². The smallest absolute Gasteiger partial charge is 0.239 e. The summed E-state index contributed by atoms with van der Waals surface area (Å²) in [7, 11) is 3.24. The SMILES string of the molecule is C=CCc1cc(CN=C(NCC)NCC(=O)NC(C)(C)C)cc(OC)c1OC.I.